The zero-order valence-electron chi connectivity index (χ0n) is 17.2. The Bertz CT molecular complexity index is 674. The van der Waals surface area contributed by atoms with Gasteiger partial charge in [-0.3, -0.25) is 9.59 Å². The van der Waals surface area contributed by atoms with Crippen molar-refractivity contribution in [3.05, 3.63) is 11.4 Å². The van der Waals surface area contributed by atoms with E-state index in [1.165, 1.54) is 0 Å². The third-order valence-corrected chi connectivity index (χ3v) is 6.11. The average molecular weight is 391 g/mol. The number of piperidine rings is 1. The summed E-state index contributed by atoms with van der Waals surface area (Å²) in [6.07, 6.45) is 8.29. The van der Waals surface area contributed by atoms with Crippen LogP contribution in [0.4, 0.5) is 0 Å². The van der Waals surface area contributed by atoms with Crippen molar-refractivity contribution in [3.8, 4) is 0 Å². The molecule has 1 aromatic heterocycles. The molecule has 0 aromatic carbocycles. The van der Waals surface area contributed by atoms with Crippen LogP contribution >= 0.6 is 0 Å². The van der Waals surface area contributed by atoms with Gasteiger partial charge in [0.25, 0.3) is 5.91 Å². The lowest BCUT2D eigenvalue weighted by Gasteiger charge is -2.36. The Balaban J connectivity index is 1.73. The minimum absolute atomic E-state index is 0.0580. The number of hydrogen-bond acceptors (Lipinski definition) is 5. The van der Waals surface area contributed by atoms with Crippen LogP contribution in [0.3, 0.4) is 0 Å². The van der Waals surface area contributed by atoms with Gasteiger partial charge in [-0.1, -0.05) is 37.8 Å². The molecule has 1 saturated heterocycles. The van der Waals surface area contributed by atoms with Crippen LogP contribution in [-0.4, -0.2) is 52.0 Å². The number of aromatic nitrogens is 3. The lowest BCUT2D eigenvalue weighted by atomic mass is 9.80. The highest BCUT2D eigenvalue weighted by atomic mass is 16.2. The van der Waals surface area contributed by atoms with Crippen LogP contribution in [0, 0.1) is 6.92 Å². The van der Waals surface area contributed by atoms with Gasteiger partial charge < -0.3 is 16.0 Å². The average Bonchev–Trinajstić information content (AvgIpc) is 3.11. The number of unbranched alkanes of at least 4 members (excludes halogenated alkanes) is 1. The highest BCUT2D eigenvalue weighted by Gasteiger charge is 2.41. The number of amides is 2. The van der Waals surface area contributed by atoms with E-state index in [9.17, 15) is 9.59 Å². The first-order valence-electron chi connectivity index (χ1n) is 10.8. The SMILES string of the molecule is CCCCNC(=O)C1(NC(=O)c2nnn(C3CCNCC3)c2C)CCCCC1. The van der Waals surface area contributed by atoms with Gasteiger partial charge in [0.15, 0.2) is 5.69 Å². The van der Waals surface area contributed by atoms with E-state index in [-0.39, 0.29) is 17.9 Å². The first-order valence-corrected chi connectivity index (χ1v) is 10.8. The molecule has 1 saturated carbocycles. The van der Waals surface area contributed by atoms with Crippen LogP contribution in [0.15, 0.2) is 0 Å². The molecule has 0 atom stereocenters. The Morgan fingerprint density at radius 1 is 1.21 bits per heavy atom. The number of nitrogens with one attached hydrogen (secondary N) is 3. The third kappa shape index (κ3) is 4.54. The molecule has 1 aliphatic carbocycles. The maximum Gasteiger partial charge on any atom is 0.274 e. The fraction of sp³-hybridized carbons (Fsp3) is 0.800. The van der Waals surface area contributed by atoms with Gasteiger partial charge in [-0.25, -0.2) is 4.68 Å². The molecule has 1 aliphatic heterocycles. The van der Waals surface area contributed by atoms with Crippen molar-refractivity contribution in [2.45, 2.75) is 83.2 Å². The highest BCUT2D eigenvalue weighted by molar-refractivity contribution is 5.98. The quantitative estimate of drug-likeness (QED) is 0.617. The number of carbonyl (C=O) groups is 2. The summed E-state index contributed by atoms with van der Waals surface area (Å²) >= 11 is 0. The van der Waals surface area contributed by atoms with Crippen molar-refractivity contribution < 1.29 is 9.59 Å². The third-order valence-electron chi connectivity index (χ3n) is 6.11. The van der Waals surface area contributed by atoms with Crippen molar-refractivity contribution >= 4 is 11.8 Å². The highest BCUT2D eigenvalue weighted by Crippen LogP contribution is 2.29. The molecule has 2 fully saturated rings. The van der Waals surface area contributed by atoms with Crippen LogP contribution in [-0.2, 0) is 4.79 Å². The van der Waals surface area contributed by atoms with E-state index < -0.39 is 5.54 Å². The first-order chi connectivity index (χ1) is 13.6. The van der Waals surface area contributed by atoms with Crippen LogP contribution in [0.2, 0.25) is 0 Å². The van der Waals surface area contributed by atoms with E-state index in [0.29, 0.717) is 25.1 Å². The smallest absolute Gasteiger partial charge is 0.274 e. The van der Waals surface area contributed by atoms with Gasteiger partial charge in [0.1, 0.15) is 5.54 Å². The summed E-state index contributed by atoms with van der Waals surface area (Å²) < 4.78 is 1.88. The first kappa shape index (κ1) is 20.8. The Morgan fingerprint density at radius 2 is 1.93 bits per heavy atom. The minimum atomic E-state index is -0.825. The van der Waals surface area contributed by atoms with Gasteiger partial charge in [0.05, 0.1) is 11.7 Å². The van der Waals surface area contributed by atoms with Crippen LogP contribution < -0.4 is 16.0 Å². The van der Waals surface area contributed by atoms with Crippen LogP contribution in [0.1, 0.15) is 86.9 Å². The summed E-state index contributed by atoms with van der Waals surface area (Å²) in [5.41, 5.74) is 0.292. The molecular formula is C20H34N6O2. The molecule has 0 unspecified atom stereocenters. The number of rotatable bonds is 7. The minimum Gasteiger partial charge on any atom is -0.354 e. The maximum absolute atomic E-state index is 13.1. The molecule has 0 bridgehead atoms. The van der Waals surface area contributed by atoms with Gasteiger partial charge in [-0.05, 0) is 52.1 Å². The predicted octanol–water partition coefficient (Wildman–Crippen LogP) is 1.86. The van der Waals surface area contributed by atoms with Gasteiger partial charge in [0.2, 0.25) is 5.91 Å². The Labute approximate surface area is 167 Å². The second kappa shape index (κ2) is 9.49. The summed E-state index contributed by atoms with van der Waals surface area (Å²) in [6.45, 7) is 6.54. The maximum atomic E-state index is 13.1. The number of hydrogen-bond donors (Lipinski definition) is 3. The van der Waals surface area contributed by atoms with Crippen molar-refractivity contribution in [3.63, 3.8) is 0 Å². The zero-order valence-corrected chi connectivity index (χ0v) is 17.2. The molecule has 3 rings (SSSR count). The molecule has 1 aromatic rings. The fourth-order valence-corrected chi connectivity index (χ4v) is 4.34. The van der Waals surface area contributed by atoms with E-state index in [1.807, 2.05) is 11.6 Å². The van der Waals surface area contributed by atoms with Crippen molar-refractivity contribution in [2.75, 3.05) is 19.6 Å². The summed E-state index contributed by atoms with van der Waals surface area (Å²) in [5, 5.41) is 17.8. The van der Waals surface area contributed by atoms with E-state index in [2.05, 4.69) is 33.2 Å². The molecule has 0 radical (unpaired) electrons. The van der Waals surface area contributed by atoms with Crippen LogP contribution in [0.5, 0.6) is 0 Å². The van der Waals surface area contributed by atoms with Gasteiger partial charge >= 0.3 is 0 Å². The fourth-order valence-electron chi connectivity index (χ4n) is 4.34. The second-order valence-electron chi connectivity index (χ2n) is 8.16. The van der Waals surface area contributed by atoms with Gasteiger partial charge in [-0.15, -0.1) is 5.10 Å². The molecule has 2 amide bonds. The van der Waals surface area contributed by atoms with Crippen molar-refractivity contribution in [1.29, 1.82) is 0 Å². The molecule has 0 spiro atoms. The largest absolute Gasteiger partial charge is 0.354 e. The summed E-state index contributed by atoms with van der Waals surface area (Å²) in [5.74, 6) is -0.345. The van der Waals surface area contributed by atoms with E-state index in [0.717, 1.165) is 63.7 Å². The summed E-state index contributed by atoms with van der Waals surface area (Å²) in [7, 11) is 0. The molecular weight excluding hydrogens is 356 g/mol. The molecule has 8 nitrogen and oxygen atoms in total. The number of nitrogens with zero attached hydrogens (tertiary/aromatic N) is 3. The lowest BCUT2D eigenvalue weighted by Crippen LogP contribution is -2.60. The second-order valence-corrected chi connectivity index (χ2v) is 8.16. The molecule has 2 aliphatic rings. The zero-order chi connectivity index (χ0) is 20.0. The van der Waals surface area contributed by atoms with Gasteiger partial charge in [0, 0.05) is 6.54 Å². The van der Waals surface area contributed by atoms with Crippen molar-refractivity contribution in [2.24, 2.45) is 0 Å². The standard InChI is InChI=1S/C20H34N6O2/c1-3-4-12-22-19(28)20(10-6-5-7-11-20)23-18(27)17-15(2)26(25-24-17)16-8-13-21-14-9-16/h16,21H,3-14H2,1-2H3,(H,22,28)(H,23,27). The van der Waals surface area contributed by atoms with Crippen molar-refractivity contribution in [1.82, 2.24) is 30.9 Å². The predicted molar refractivity (Wildman–Crippen MR) is 107 cm³/mol. The molecule has 3 N–H and O–H groups in total. The molecule has 2 heterocycles. The Morgan fingerprint density at radius 3 is 2.61 bits per heavy atom. The number of carbonyl (C=O) groups excluding carboxylic acids is 2. The van der Waals surface area contributed by atoms with Crippen LogP contribution in [0.25, 0.3) is 0 Å². The molecule has 8 heteroatoms. The molecule has 156 valence electrons. The van der Waals surface area contributed by atoms with E-state index in [1.54, 1.807) is 0 Å². The Kier molecular flexibility index (Phi) is 7.04. The lowest BCUT2D eigenvalue weighted by molar-refractivity contribution is -0.128. The monoisotopic (exact) mass is 390 g/mol. The Hall–Kier alpha value is -1.96. The van der Waals surface area contributed by atoms with E-state index in [4.69, 9.17) is 0 Å². The van der Waals surface area contributed by atoms with E-state index >= 15 is 0 Å². The normalized spacial score (nSPS) is 19.9. The summed E-state index contributed by atoms with van der Waals surface area (Å²) in [4.78, 5) is 26.0. The molecule has 28 heavy (non-hydrogen) atoms. The van der Waals surface area contributed by atoms with Gasteiger partial charge in [-0.2, -0.15) is 0 Å². The summed E-state index contributed by atoms with van der Waals surface area (Å²) in [6, 6.07) is 0.274. The topological polar surface area (TPSA) is 101 Å².